The first-order valence-corrected chi connectivity index (χ1v) is 7.61. The van der Waals surface area contributed by atoms with E-state index in [4.69, 9.17) is 0 Å². The Morgan fingerprint density at radius 2 is 2.00 bits per heavy atom. The second kappa shape index (κ2) is 6.06. The molecule has 2 atom stereocenters. The summed E-state index contributed by atoms with van der Waals surface area (Å²) in [5, 5.41) is 3.79. The molecule has 0 amide bonds. The Morgan fingerprint density at radius 1 is 1.32 bits per heavy atom. The van der Waals surface area contributed by atoms with Gasteiger partial charge in [-0.05, 0) is 31.4 Å². The van der Waals surface area contributed by atoms with Crippen molar-refractivity contribution in [2.75, 3.05) is 19.6 Å². The average molecular weight is 260 g/mol. The molecule has 0 aromatic heterocycles. The fourth-order valence-electron chi connectivity index (χ4n) is 3.23. The van der Waals surface area contributed by atoms with Crippen molar-refractivity contribution >= 4 is 0 Å². The van der Waals surface area contributed by atoms with E-state index in [-0.39, 0.29) is 5.54 Å². The van der Waals surface area contributed by atoms with Crippen molar-refractivity contribution < 1.29 is 0 Å². The molecule has 2 nitrogen and oxygen atoms in total. The van der Waals surface area contributed by atoms with Gasteiger partial charge in [-0.1, -0.05) is 51.1 Å². The predicted molar refractivity (Wildman–Crippen MR) is 82.3 cm³/mol. The van der Waals surface area contributed by atoms with Crippen LogP contribution in [0.4, 0.5) is 0 Å². The third kappa shape index (κ3) is 3.18. The van der Waals surface area contributed by atoms with Gasteiger partial charge in [-0.15, -0.1) is 0 Å². The number of nitrogens with zero attached hydrogens (tertiary/aromatic N) is 1. The monoisotopic (exact) mass is 260 g/mol. The van der Waals surface area contributed by atoms with Crippen molar-refractivity contribution in [3.63, 3.8) is 0 Å². The van der Waals surface area contributed by atoms with E-state index < -0.39 is 0 Å². The summed E-state index contributed by atoms with van der Waals surface area (Å²) < 4.78 is 0. The quantitative estimate of drug-likeness (QED) is 0.894. The van der Waals surface area contributed by atoms with Gasteiger partial charge in [0.1, 0.15) is 0 Å². The standard InChI is InChI=1S/C17H28N2/c1-5-11-19-13-17(4,15-9-7-6-8-10-15)18-12-16(19)14(2)3/h6-10,14,16,18H,5,11-13H2,1-4H3. The Kier molecular flexibility index (Phi) is 4.64. The Labute approximate surface area is 118 Å². The topological polar surface area (TPSA) is 15.3 Å². The average Bonchev–Trinajstić information content (AvgIpc) is 2.40. The fraction of sp³-hybridized carbons (Fsp3) is 0.647. The lowest BCUT2D eigenvalue weighted by atomic mass is 9.86. The van der Waals surface area contributed by atoms with Crippen LogP contribution in [0, 0.1) is 5.92 Å². The molecule has 1 aliphatic heterocycles. The molecule has 19 heavy (non-hydrogen) atoms. The largest absolute Gasteiger partial charge is 0.305 e. The molecule has 1 heterocycles. The van der Waals surface area contributed by atoms with E-state index in [1.54, 1.807) is 0 Å². The molecule has 0 bridgehead atoms. The van der Waals surface area contributed by atoms with Crippen LogP contribution in [-0.2, 0) is 5.54 Å². The van der Waals surface area contributed by atoms with Gasteiger partial charge in [0.15, 0.2) is 0 Å². The van der Waals surface area contributed by atoms with Gasteiger partial charge in [-0.3, -0.25) is 4.90 Å². The second-order valence-electron chi connectivity index (χ2n) is 6.36. The molecule has 2 unspecified atom stereocenters. The van der Waals surface area contributed by atoms with E-state index in [0.717, 1.165) is 13.1 Å². The van der Waals surface area contributed by atoms with Crippen molar-refractivity contribution in [3.8, 4) is 0 Å². The van der Waals surface area contributed by atoms with Gasteiger partial charge in [-0.25, -0.2) is 0 Å². The van der Waals surface area contributed by atoms with Crippen LogP contribution >= 0.6 is 0 Å². The summed E-state index contributed by atoms with van der Waals surface area (Å²) in [4.78, 5) is 2.67. The lowest BCUT2D eigenvalue weighted by Gasteiger charge is -2.48. The summed E-state index contributed by atoms with van der Waals surface area (Å²) in [5.74, 6) is 0.708. The molecule has 0 aliphatic carbocycles. The lowest BCUT2D eigenvalue weighted by Crippen LogP contribution is -2.62. The van der Waals surface area contributed by atoms with Crippen LogP contribution in [0.5, 0.6) is 0 Å². The van der Waals surface area contributed by atoms with Crippen LogP contribution < -0.4 is 5.32 Å². The Hall–Kier alpha value is -0.860. The molecule has 1 fully saturated rings. The summed E-state index contributed by atoms with van der Waals surface area (Å²) in [7, 11) is 0. The van der Waals surface area contributed by atoms with Crippen molar-refractivity contribution in [1.82, 2.24) is 10.2 Å². The summed E-state index contributed by atoms with van der Waals surface area (Å²) >= 11 is 0. The van der Waals surface area contributed by atoms with E-state index in [9.17, 15) is 0 Å². The first-order valence-electron chi connectivity index (χ1n) is 7.61. The Morgan fingerprint density at radius 3 is 2.58 bits per heavy atom. The maximum atomic E-state index is 3.79. The molecule has 0 radical (unpaired) electrons. The van der Waals surface area contributed by atoms with Gasteiger partial charge in [0, 0.05) is 19.1 Å². The molecule has 1 aromatic rings. The van der Waals surface area contributed by atoms with E-state index in [0.29, 0.717) is 12.0 Å². The number of hydrogen-bond acceptors (Lipinski definition) is 2. The van der Waals surface area contributed by atoms with Crippen LogP contribution in [0.3, 0.4) is 0 Å². The predicted octanol–water partition coefficient (Wildman–Crippen LogP) is 3.24. The smallest absolute Gasteiger partial charge is 0.0535 e. The van der Waals surface area contributed by atoms with E-state index in [1.165, 1.54) is 18.5 Å². The molecule has 0 saturated carbocycles. The lowest BCUT2D eigenvalue weighted by molar-refractivity contribution is 0.0610. The molecular weight excluding hydrogens is 232 g/mol. The highest BCUT2D eigenvalue weighted by Crippen LogP contribution is 2.28. The minimum Gasteiger partial charge on any atom is -0.305 e. The van der Waals surface area contributed by atoms with Crippen molar-refractivity contribution in [2.24, 2.45) is 5.92 Å². The molecule has 1 N–H and O–H groups in total. The third-order valence-electron chi connectivity index (χ3n) is 4.38. The minimum atomic E-state index is 0.0851. The first-order chi connectivity index (χ1) is 9.07. The highest BCUT2D eigenvalue weighted by Gasteiger charge is 2.37. The minimum absolute atomic E-state index is 0.0851. The summed E-state index contributed by atoms with van der Waals surface area (Å²) in [5.41, 5.74) is 1.49. The van der Waals surface area contributed by atoms with Crippen molar-refractivity contribution in [3.05, 3.63) is 35.9 Å². The fourth-order valence-corrected chi connectivity index (χ4v) is 3.23. The normalized spacial score (nSPS) is 28.8. The molecule has 1 saturated heterocycles. The van der Waals surface area contributed by atoms with Gasteiger partial charge in [0.25, 0.3) is 0 Å². The van der Waals surface area contributed by atoms with E-state index >= 15 is 0 Å². The molecule has 2 heteroatoms. The highest BCUT2D eigenvalue weighted by atomic mass is 15.3. The zero-order chi connectivity index (χ0) is 13.9. The van der Waals surface area contributed by atoms with Gasteiger partial charge in [-0.2, -0.15) is 0 Å². The van der Waals surface area contributed by atoms with E-state index in [2.05, 4.69) is 68.2 Å². The molecule has 1 aliphatic rings. The zero-order valence-corrected chi connectivity index (χ0v) is 12.8. The van der Waals surface area contributed by atoms with E-state index in [1.807, 2.05) is 0 Å². The number of piperazine rings is 1. The number of hydrogen-bond donors (Lipinski definition) is 1. The molecule has 106 valence electrons. The number of rotatable bonds is 4. The first kappa shape index (κ1) is 14.5. The van der Waals surface area contributed by atoms with Crippen LogP contribution in [0.1, 0.15) is 39.7 Å². The van der Waals surface area contributed by atoms with Gasteiger partial charge in [0.05, 0.1) is 5.54 Å². The number of nitrogens with one attached hydrogen (secondary N) is 1. The Bertz CT molecular complexity index is 388. The van der Waals surface area contributed by atoms with Gasteiger partial charge in [0.2, 0.25) is 0 Å². The molecule has 1 aromatic carbocycles. The molecule has 0 spiro atoms. The van der Waals surface area contributed by atoms with Crippen LogP contribution in [0.2, 0.25) is 0 Å². The summed E-state index contributed by atoms with van der Waals surface area (Å²) in [6.07, 6.45) is 1.23. The van der Waals surface area contributed by atoms with Crippen LogP contribution in [0.25, 0.3) is 0 Å². The second-order valence-corrected chi connectivity index (χ2v) is 6.36. The third-order valence-corrected chi connectivity index (χ3v) is 4.38. The van der Waals surface area contributed by atoms with Gasteiger partial charge >= 0.3 is 0 Å². The SMILES string of the molecule is CCCN1CC(C)(c2ccccc2)NCC1C(C)C. The van der Waals surface area contributed by atoms with Gasteiger partial charge < -0.3 is 5.32 Å². The summed E-state index contributed by atoms with van der Waals surface area (Å²) in [6, 6.07) is 11.5. The number of benzene rings is 1. The van der Waals surface area contributed by atoms with Crippen molar-refractivity contribution in [1.29, 1.82) is 0 Å². The maximum Gasteiger partial charge on any atom is 0.0535 e. The van der Waals surface area contributed by atoms with Crippen molar-refractivity contribution in [2.45, 2.75) is 45.7 Å². The molecular formula is C17H28N2. The highest BCUT2D eigenvalue weighted by molar-refractivity contribution is 5.25. The van der Waals surface area contributed by atoms with Crippen LogP contribution in [0.15, 0.2) is 30.3 Å². The summed E-state index contributed by atoms with van der Waals surface area (Å²) in [6.45, 7) is 12.7. The zero-order valence-electron chi connectivity index (χ0n) is 12.8. The Balaban J connectivity index is 2.18. The maximum absolute atomic E-state index is 3.79. The van der Waals surface area contributed by atoms with Crippen LogP contribution in [-0.4, -0.2) is 30.6 Å². The molecule has 2 rings (SSSR count).